The lowest BCUT2D eigenvalue weighted by atomic mass is 10.1. The largest absolute Gasteiger partial charge is 0.465 e. The molecule has 0 amide bonds. The van der Waals surface area contributed by atoms with Gasteiger partial charge >= 0.3 is 13.6 Å². The molecule has 0 aliphatic rings. The van der Waals surface area contributed by atoms with Crippen LogP contribution in [0.2, 0.25) is 0 Å². The van der Waals surface area contributed by atoms with Gasteiger partial charge < -0.3 is 20.3 Å². The molecule has 1 unspecified atom stereocenters. The van der Waals surface area contributed by atoms with E-state index in [9.17, 15) is 14.2 Å². The minimum Gasteiger partial charge on any atom is -0.465 e. The predicted octanol–water partition coefficient (Wildman–Crippen LogP) is -0.206. The van der Waals surface area contributed by atoms with Gasteiger partial charge in [-0.05, 0) is 19.8 Å². The number of rotatable bonds is 8. The molecule has 0 spiro atoms. The summed E-state index contributed by atoms with van der Waals surface area (Å²) >= 11 is 0. The van der Waals surface area contributed by atoms with E-state index < -0.39 is 31.6 Å². The quantitative estimate of drug-likeness (QED) is 0.410. The molecule has 7 nitrogen and oxygen atoms in total. The molecule has 0 bridgehead atoms. The van der Waals surface area contributed by atoms with E-state index in [4.69, 9.17) is 15.5 Å². The maximum absolute atomic E-state index is 11.1. The average molecular weight is 267 g/mol. The van der Waals surface area contributed by atoms with Crippen molar-refractivity contribution in [1.82, 2.24) is 0 Å². The van der Waals surface area contributed by atoms with Gasteiger partial charge in [0.1, 0.15) is 18.0 Å². The van der Waals surface area contributed by atoms with Crippen molar-refractivity contribution in [2.45, 2.75) is 32.2 Å². The van der Waals surface area contributed by atoms with Gasteiger partial charge in [0.05, 0.1) is 6.61 Å². The van der Waals surface area contributed by atoms with Gasteiger partial charge in [0.25, 0.3) is 0 Å². The summed E-state index contributed by atoms with van der Waals surface area (Å²) in [5.41, 5.74) is 5.48. The molecule has 0 aliphatic heterocycles. The molecule has 17 heavy (non-hydrogen) atoms. The maximum Gasteiger partial charge on any atom is 0.332 e. The van der Waals surface area contributed by atoms with Crippen molar-refractivity contribution in [3.8, 4) is 0 Å². The molecule has 100 valence electrons. The minimum atomic E-state index is -4.29. The van der Waals surface area contributed by atoms with Crippen LogP contribution >= 0.6 is 7.60 Å². The zero-order valence-corrected chi connectivity index (χ0v) is 10.6. The van der Waals surface area contributed by atoms with Gasteiger partial charge in [0.15, 0.2) is 0 Å². The van der Waals surface area contributed by atoms with Crippen molar-refractivity contribution >= 4 is 19.3 Å². The van der Waals surface area contributed by atoms with Crippen LogP contribution in [0.25, 0.3) is 0 Å². The Morgan fingerprint density at radius 2 is 2.00 bits per heavy atom. The lowest BCUT2D eigenvalue weighted by Gasteiger charge is -2.09. The second-order valence-electron chi connectivity index (χ2n) is 3.61. The van der Waals surface area contributed by atoms with Crippen molar-refractivity contribution in [2.24, 2.45) is 5.73 Å². The third-order valence-electron chi connectivity index (χ3n) is 1.94. The molecular formula is C9H18NO6P. The first kappa shape index (κ1) is 16.2. The second kappa shape index (κ2) is 7.55. The lowest BCUT2D eigenvalue weighted by Crippen LogP contribution is -2.32. The van der Waals surface area contributed by atoms with Crippen LogP contribution in [-0.4, -0.2) is 40.4 Å². The number of hydrogen-bond acceptors (Lipinski definition) is 5. The van der Waals surface area contributed by atoms with Crippen LogP contribution in [-0.2, 0) is 18.9 Å². The molecule has 8 heteroatoms. The Morgan fingerprint density at radius 1 is 1.41 bits per heavy atom. The summed E-state index contributed by atoms with van der Waals surface area (Å²) in [6.45, 7) is 1.90. The number of esters is 1. The standard InChI is InChI=1S/C9H18NO6P/c1-2-16-9(12)8(10)5-3-4-7(11)6-17(13,14)15/h8H,2-6,10H2,1H3,(H2,13,14,15). The number of carbonyl (C=O) groups excluding carboxylic acids is 2. The van der Waals surface area contributed by atoms with E-state index in [1.54, 1.807) is 6.92 Å². The summed E-state index contributed by atoms with van der Waals surface area (Å²) < 4.78 is 15.2. The molecule has 0 saturated carbocycles. The molecule has 0 rings (SSSR count). The maximum atomic E-state index is 11.1. The monoisotopic (exact) mass is 267 g/mol. The molecule has 1 atom stereocenters. The zero-order chi connectivity index (χ0) is 13.5. The smallest absolute Gasteiger partial charge is 0.332 e. The molecule has 0 aromatic carbocycles. The lowest BCUT2D eigenvalue weighted by molar-refractivity contribution is -0.145. The summed E-state index contributed by atoms with van der Waals surface area (Å²) in [6, 6.07) is -0.794. The molecule has 0 aliphatic carbocycles. The average Bonchev–Trinajstić information content (AvgIpc) is 2.14. The molecule has 0 fully saturated rings. The van der Waals surface area contributed by atoms with Crippen LogP contribution in [0.5, 0.6) is 0 Å². The fraction of sp³-hybridized carbons (Fsp3) is 0.778. The summed E-state index contributed by atoms with van der Waals surface area (Å²) in [5.74, 6) is -1.07. The van der Waals surface area contributed by atoms with E-state index in [0.717, 1.165) is 0 Å². The summed E-state index contributed by atoms with van der Waals surface area (Å²) in [7, 11) is -4.29. The number of ether oxygens (including phenoxy) is 1. The minimum absolute atomic E-state index is 0.00177. The van der Waals surface area contributed by atoms with E-state index in [0.29, 0.717) is 6.42 Å². The van der Waals surface area contributed by atoms with Crippen molar-refractivity contribution in [3.63, 3.8) is 0 Å². The van der Waals surface area contributed by atoms with Gasteiger partial charge in [0, 0.05) is 6.42 Å². The molecule has 0 aromatic heterocycles. The topological polar surface area (TPSA) is 127 Å². The molecule has 0 radical (unpaired) electrons. The van der Waals surface area contributed by atoms with E-state index in [2.05, 4.69) is 4.74 Å². The van der Waals surface area contributed by atoms with E-state index in [-0.39, 0.29) is 19.4 Å². The molecule has 4 N–H and O–H groups in total. The van der Waals surface area contributed by atoms with Gasteiger partial charge in [-0.3, -0.25) is 14.2 Å². The van der Waals surface area contributed by atoms with Gasteiger partial charge in [-0.2, -0.15) is 0 Å². The highest BCUT2D eigenvalue weighted by Gasteiger charge is 2.19. The Labute approximate surface area is 99.5 Å². The van der Waals surface area contributed by atoms with Crippen LogP contribution in [0.4, 0.5) is 0 Å². The Hall–Kier alpha value is -0.750. The molecular weight excluding hydrogens is 249 g/mol. The number of hydrogen-bond donors (Lipinski definition) is 3. The van der Waals surface area contributed by atoms with Gasteiger partial charge in [-0.25, -0.2) is 0 Å². The molecule has 0 heterocycles. The first-order valence-electron chi connectivity index (χ1n) is 5.24. The van der Waals surface area contributed by atoms with Crippen molar-refractivity contribution < 1.29 is 28.7 Å². The summed E-state index contributed by atoms with van der Waals surface area (Å²) in [6.07, 6.45) is -0.204. The number of carbonyl (C=O) groups is 2. The highest BCUT2D eigenvalue weighted by Crippen LogP contribution is 2.34. The van der Waals surface area contributed by atoms with Gasteiger partial charge in [0.2, 0.25) is 0 Å². The second-order valence-corrected chi connectivity index (χ2v) is 5.26. The third kappa shape index (κ3) is 9.00. The normalized spacial score (nSPS) is 13.2. The number of ketones is 1. The van der Waals surface area contributed by atoms with Crippen LogP contribution in [0.1, 0.15) is 26.2 Å². The van der Waals surface area contributed by atoms with Crippen LogP contribution in [0.15, 0.2) is 0 Å². The van der Waals surface area contributed by atoms with E-state index >= 15 is 0 Å². The van der Waals surface area contributed by atoms with Crippen LogP contribution < -0.4 is 5.73 Å². The summed E-state index contributed by atoms with van der Waals surface area (Å²) in [5, 5.41) is 0. The van der Waals surface area contributed by atoms with Gasteiger partial charge in [-0.15, -0.1) is 0 Å². The molecule has 0 saturated heterocycles. The fourth-order valence-corrected chi connectivity index (χ4v) is 1.81. The Bertz CT molecular complexity index is 313. The SMILES string of the molecule is CCOC(=O)C(N)CCCC(=O)CP(=O)(O)O. The Kier molecular flexibility index (Phi) is 7.22. The Balaban J connectivity index is 3.80. The Morgan fingerprint density at radius 3 is 2.47 bits per heavy atom. The number of nitrogens with two attached hydrogens (primary N) is 1. The summed E-state index contributed by atoms with van der Waals surface area (Å²) in [4.78, 5) is 39.3. The molecule has 0 aromatic rings. The van der Waals surface area contributed by atoms with Crippen molar-refractivity contribution in [2.75, 3.05) is 12.8 Å². The van der Waals surface area contributed by atoms with E-state index in [1.165, 1.54) is 0 Å². The van der Waals surface area contributed by atoms with Crippen molar-refractivity contribution in [3.05, 3.63) is 0 Å². The third-order valence-corrected chi connectivity index (χ3v) is 2.71. The fourth-order valence-electron chi connectivity index (χ4n) is 1.20. The highest BCUT2D eigenvalue weighted by atomic mass is 31.2. The first-order chi connectivity index (χ1) is 7.76. The zero-order valence-electron chi connectivity index (χ0n) is 9.66. The van der Waals surface area contributed by atoms with E-state index in [1.807, 2.05) is 0 Å². The first-order valence-corrected chi connectivity index (χ1v) is 7.04. The van der Waals surface area contributed by atoms with Crippen LogP contribution in [0.3, 0.4) is 0 Å². The predicted molar refractivity (Wildman–Crippen MR) is 60.4 cm³/mol. The van der Waals surface area contributed by atoms with Crippen LogP contribution in [0, 0.1) is 0 Å². The number of Topliss-reactive ketones (excluding diaryl/α,β-unsaturated/α-hetero) is 1. The highest BCUT2D eigenvalue weighted by molar-refractivity contribution is 7.52. The van der Waals surface area contributed by atoms with Gasteiger partial charge in [-0.1, -0.05) is 0 Å². The van der Waals surface area contributed by atoms with Crippen molar-refractivity contribution in [1.29, 1.82) is 0 Å².